The molecule has 12 nitrogen and oxygen atoms in total. The van der Waals surface area contributed by atoms with Crippen LogP contribution in [0.25, 0.3) is 0 Å². The lowest BCUT2D eigenvalue weighted by molar-refractivity contribution is -0.192. The van der Waals surface area contributed by atoms with Crippen molar-refractivity contribution in [2.75, 3.05) is 13.1 Å². The number of nitrogens with one attached hydrogen (secondary N) is 2. The summed E-state index contributed by atoms with van der Waals surface area (Å²) in [6.07, 6.45) is -1.66. The van der Waals surface area contributed by atoms with E-state index in [4.69, 9.17) is 15.6 Å². The van der Waals surface area contributed by atoms with Crippen LogP contribution in [0.4, 0.5) is 13.2 Å². The van der Waals surface area contributed by atoms with Gasteiger partial charge >= 0.3 is 18.1 Å². The van der Waals surface area contributed by atoms with Crippen LogP contribution in [0.15, 0.2) is 42.5 Å². The first-order valence-electron chi connectivity index (χ1n) is 11.2. The summed E-state index contributed by atoms with van der Waals surface area (Å²) < 4.78 is 31.7. The van der Waals surface area contributed by atoms with E-state index >= 15 is 0 Å². The minimum Gasteiger partial charge on any atom is -0.480 e. The van der Waals surface area contributed by atoms with Crippen molar-refractivity contribution in [3.05, 3.63) is 48.0 Å². The van der Waals surface area contributed by atoms with Gasteiger partial charge in [0.05, 0.1) is 6.54 Å². The normalized spacial score (nSPS) is 14.3. The maximum Gasteiger partial charge on any atom is 0.490 e. The minimum atomic E-state index is -5.08. The van der Waals surface area contributed by atoms with Crippen LogP contribution in [0.1, 0.15) is 24.8 Å². The molecule has 6 N–H and O–H groups in total. The first-order chi connectivity index (χ1) is 17.8. The molecule has 1 aliphatic rings. The zero-order valence-corrected chi connectivity index (χ0v) is 19.9. The molecule has 0 saturated carbocycles. The zero-order valence-electron chi connectivity index (χ0n) is 19.9. The lowest BCUT2D eigenvalue weighted by Crippen LogP contribution is -2.53. The minimum absolute atomic E-state index is 0.105. The van der Waals surface area contributed by atoms with Gasteiger partial charge < -0.3 is 26.6 Å². The van der Waals surface area contributed by atoms with E-state index in [2.05, 4.69) is 10.6 Å². The fraction of sp³-hybridized carbons (Fsp3) is 0.391. The van der Waals surface area contributed by atoms with Gasteiger partial charge in [0.2, 0.25) is 11.8 Å². The molecule has 0 unspecified atom stereocenters. The van der Waals surface area contributed by atoms with Crippen LogP contribution in [0.2, 0.25) is 0 Å². The highest BCUT2D eigenvalue weighted by Crippen LogP contribution is 2.13. The van der Waals surface area contributed by atoms with E-state index in [0.29, 0.717) is 12.8 Å². The predicted molar refractivity (Wildman–Crippen MR) is 124 cm³/mol. The number of unbranched alkanes of at least 4 members (excludes halogenated alkanes) is 1. The molecule has 1 aliphatic heterocycles. The molecule has 0 aromatic heterocycles. The van der Waals surface area contributed by atoms with Gasteiger partial charge in [-0.25, -0.2) is 9.59 Å². The van der Waals surface area contributed by atoms with Crippen molar-refractivity contribution in [1.82, 2.24) is 15.5 Å². The van der Waals surface area contributed by atoms with Crippen molar-refractivity contribution in [1.29, 1.82) is 0 Å². The number of carbonyl (C=O) groups is 6. The van der Waals surface area contributed by atoms with Gasteiger partial charge in [-0.15, -0.1) is 0 Å². The van der Waals surface area contributed by atoms with Crippen LogP contribution in [0.5, 0.6) is 0 Å². The molecule has 1 aromatic rings. The highest BCUT2D eigenvalue weighted by molar-refractivity contribution is 6.12. The van der Waals surface area contributed by atoms with Gasteiger partial charge in [0, 0.05) is 25.1 Å². The molecule has 38 heavy (non-hydrogen) atoms. The van der Waals surface area contributed by atoms with Gasteiger partial charge in [-0.2, -0.15) is 13.2 Å². The van der Waals surface area contributed by atoms with E-state index in [1.165, 1.54) is 12.2 Å². The van der Waals surface area contributed by atoms with E-state index in [1.807, 2.05) is 6.07 Å². The topological polar surface area (TPSA) is 196 Å². The van der Waals surface area contributed by atoms with Gasteiger partial charge in [-0.05, 0) is 24.8 Å². The molecule has 0 fully saturated rings. The predicted octanol–water partition coefficient (Wildman–Crippen LogP) is -0.0294. The highest BCUT2D eigenvalue weighted by atomic mass is 19.4. The lowest BCUT2D eigenvalue weighted by Gasteiger charge is -2.22. The number of nitrogens with two attached hydrogens (primary N) is 1. The molecule has 15 heteroatoms. The first-order valence-corrected chi connectivity index (χ1v) is 11.2. The Hall–Kier alpha value is -4.27. The number of imide groups is 1. The number of carboxylic acid groups (broad SMARTS) is 2. The van der Waals surface area contributed by atoms with Crippen LogP contribution in [-0.2, 0) is 35.2 Å². The number of nitrogens with zero attached hydrogens (tertiary/aromatic N) is 1. The van der Waals surface area contributed by atoms with Crippen molar-refractivity contribution in [3.63, 3.8) is 0 Å². The number of benzene rings is 1. The molecule has 4 amide bonds. The Morgan fingerprint density at radius 1 is 0.921 bits per heavy atom. The summed E-state index contributed by atoms with van der Waals surface area (Å²) in [6.45, 7) is -0.127. The monoisotopic (exact) mass is 544 g/mol. The molecule has 1 aromatic carbocycles. The van der Waals surface area contributed by atoms with Crippen LogP contribution < -0.4 is 16.4 Å². The number of carboxylic acids is 2. The van der Waals surface area contributed by atoms with Crippen LogP contribution in [0, 0.1) is 0 Å². The number of aliphatic carboxylic acids is 2. The fourth-order valence-corrected chi connectivity index (χ4v) is 3.11. The van der Waals surface area contributed by atoms with Gasteiger partial charge in [-0.1, -0.05) is 30.3 Å². The Morgan fingerprint density at radius 2 is 1.47 bits per heavy atom. The quantitative estimate of drug-likeness (QED) is 0.177. The van der Waals surface area contributed by atoms with Gasteiger partial charge in [0.15, 0.2) is 0 Å². The van der Waals surface area contributed by atoms with Crippen molar-refractivity contribution < 1.29 is 52.2 Å². The highest BCUT2D eigenvalue weighted by Gasteiger charge is 2.38. The standard InChI is InChI=1S/C21H26N4O6.C2HF3O2/c22-13-17(26)23-16(12-14-6-2-1-3-7-14)20(29)24-15(21(30)31)8-4-5-11-25-18(27)9-10-19(25)28;3-2(4,5)1(6)7/h1-3,6-7,9-10,15-16H,4-5,8,11-13,22H2,(H,23,26)(H,24,29)(H,30,31);(H,6,7)/t15-,16-;/m0./s1. The molecule has 208 valence electrons. The molecule has 0 bridgehead atoms. The van der Waals surface area contributed by atoms with Gasteiger partial charge in [0.1, 0.15) is 12.1 Å². The molecule has 0 spiro atoms. The maximum atomic E-state index is 12.7. The average molecular weight is 544 g/mol. The second-order valence-corrected chi connectivity index (χ2v) is 7.87. The second kappa shape index (κ2) is 15.1. The zero-order chi connectivity index (χ0) is 28.9. The van der Waals surface area contributed by atoms with Crippen molar-refractivity contribution in [2.24, 2.45) is 5.73 Å². The van der Waals surface area contributed by atoms with Crippen LogP contribution >= 0.6 is 0 Å². The van der Waals surface area contributed by atoms with Gasteiger partial charge in [-0.3, -0.25) is 24.1 Å². The molecule has 2 rings (SSSR count). The molecule has 2 atom stereocenters. The van der Waals surface area contributed by atoms with E-state index in [0.717, 1.165) is 10.5 Å². The summed E-state index contributed by atoms with van der Waals surface area (Å²) in [5, 5.41) is 21.6. The summed E-state index contributed by atoms with van der Waals surface area (Å²) in [6, 6.07) is 6.83. The molecular formula is C23H27F3N4O8. The molecule has 0 aliphatic carbocycles. The Morgan fingerprint density at radius 3 is 1.95 bits per heavy atom. The summed E-state index contributed by atoms with van der Waals surface area (Å²) in [7, 11) is 0. The average Bonchev–Trinajstić information content (AvgIpc) is 3.17. The van der Waals surface area contributed by atoms with Crippen molar-refractivity contribution >= 4 is 35.6 Å². The number of hydrogen-bond donors (Lipinski definition) is 5. The lowest BCUT2D eigenvalue weighted by atomic mass is 10.0. The van der Waals surface area contributed by atoms with E-state index in [1.54, 1.807) is 24.3 Å². The van der Waals surface area contributed by atoms with Crippen molar-refractivity contribution in [3.8, 4) is 0 Å². The molecular weight excluding hydrogens is 517 g/mol. The van der Waals surface area contributed by atoms with E-state index in [-0.39, 0.29) is 25.9 Å². The SMILES string of the molecule is NCC(=O)N[C@@H](Cc1ccccc1)C(=O)N[C@@H](CCCCN1C(=O)C=CC1=O)C(=O)O.O=C(O)C(F)(F)F. The molecule has 1 heterocycles. The Balaban J connectivity index is 0.000000905. The number of halogens is 3. The summed E-state index contributed by atoms with van der Waals surface area (Å²) in [4.78, 5) is 69.1. The summed E-state index contributed by atoms with van der Waals surface area (Å²) in [5.74, 6) is -5.93. The van der Waals surface area contributed by atoms with E-state index < -0.39 is 53.8 Å². The molecule has 0 saturated heterocycles. The first kappa shape index (κ1) is 31.8. The number of hydrogen-bond acceptors (Lipinski definition) is 7. The maximum absolute atomic E-state index is 12.7. The number of amides is 4. The Kier molecular flexibility index (Phi) is 12.6. The third-order valence-electron chi connectivity index (χ3n) is 5.00. The van der Waals surface area contributed by atoms with Crippen molar-refractivity contribution in [2.45, 2.75) is 43.9 Å². The molecule has 0 radical (unpaired) electrons. The third kappa shape index (κ3) is 11.2. The Labute approximate surface area is 214 Å². The van der Waals surface area contributed by atoms with Crippen LogP contribution in [-0.4, -0.2) is 82.0 Å². The number of alkyl halides is 3. The van der Waals surface area contributed by atoms with Crippen LogP contribution in [0.3, 0.4) is 0 Å². The smallest absolute Gasteiger partial charge is 0.480 e. The Bertz CT molecular complexity index is 1030. The summed E-state index contributed by atoms with van der Waals surface area (Å²) in [5.41, 5.74) is 6.11. The van der Waals surface area contributed by atoms with E-state index in [9.17, 15) is 42.3 Å². The second-order valence-electron chi connectivity index (χ2n) is 7.87. The largest absolute Gasteiger partial charge is 0.490 e. The fourth-order valence-electron chi connectivity index (χ4n) is 3.11. The third-order valence-corrected chi connectivity index (χ3v) is 5.00. The van der Waals surface area contributed by atoms with Gasteiger partial charge in [0.25, 0.3) is 11.8 Å². The number of carbonyl (C=O) groups excluding carboxylic acids is 4. The number of rotatable bonds is 12. The summed E-state index contributed by atoms with van der Waals surface area (Å²) >= 11 is 0.